The Morgan fingerprint density at radius 2 is 1.72 bits per heavy atom. The highest BCUT2D eigenvalue weighted by molar-refractivity contribution is 8.13. The Morgan fingerprint density at radius 3 is 2.46 bits per heavy atom. The summed E-state index contributed by atoms with van der Waals surface area (Å²) in [6.45, 7) is 14.1. The minimum Gasteiger partial charge on any atom is -0.457 e. The van der Waals surface area contributed by atoms with Gasteiger partial charge in [0.15, 0.2) is 5.12 Å². The number of ether oxygens (including phenoxy) is 2. The number of aliphatic hydroxyl groups excluding tert-OH is 4. The Morgan fingerprint density at radius 1 is 0.982 bits per heavy atom. The Hall–Kier alpha value is -3.76. The summed E-state index contributed by atoms with van der Waals surface area (Å²) in [6.07, 6.45) is -1.30. The van der Waals surface area contributed by atoms with E-state index in [1.807, 2.05) is 19.1 Å². The predicted molar refractivity (Wildman–Crippen MR) is 226 cm³/mol. The molecule has 0 amide bonds. The SMILES string of the molecule is C=Cc1c(C)c2cc3nc(c4c5nc(cc6[nH]c(cc1[nH]2)c(C)c6CC)C(C)=C5C(=O)OC4)[C@@H](CCC(=O)SCCCSC[C@@H]1O[C@H](CO)[C@@H](O)C(O)[C@H]1O)[C@@H]3C. The molecule has 0 radical (unpaired) electrons. The molecule has 3 aromatic rings. The van der Waals surface area contributed by atoms with Gasteiger partial charge in [0.2, 0.25) is 0 Å². The van der Waals surface area contributed by atoms with Crippen molar-refractivity contribution in [3.63, 3.8) is 0 Å². The maximum atomic E-state index is 13.3. The van der Waals surface area contributed by atoms with Crippen molar-refractivity contribution in [3.05, 3.63) is 75.4 Å². The van der Waals surface area contributed by atoms with E-state index in [2.05, 4.69) is 56.4 Å². The third-order valence-electron chi connectivity index (χ3n) is 11.9. The van der Waals surface area contributed by atoms with Crippen molar-refractivity contribution in [2.24, 2.45) is 0 Å². The van der Waals surface area contributed by atoms with Crippen molar-refractivity contribution < 1.29 is 39.5 Å². The number of aryl methyl sites for hydroxylation is 3. The quantitative estimate of drug-likeness (QED) is 0.0923. The van der Waals surface area contributed by atoms with Gasteiger partial charge >= 0.3 is 5.97 Å². The number of fused-ring (bicyclic) bond motifs is 8. The van der Waals surface area contributed by atoms with Crippen molar-refractivity contribution in [1.29, 1.82) is 0 Å². The van der Waals surface area contributed by atoms with Gasteiger partial charge in [0, 0.05) is 68.6 Å². The lowest BCUT2D eigenvalue weighted by molar-refractivity contribution is -0.222. The summed E-state index contributed by atoms with van der Waals surface area (Å²) in [6, 6.07) is 6.25. The van der Waals surface area contributed by atoms with Gasteiger partial charge in [-0.2, -0.15) is 11.8 Å². The monoisotopic (exact) mass is 816 g/mol. The largest absolute Gasteiger partial charge is 0.457 e. The van der Waals surface area contributed by atoms with E-state index in [4.69, 9.17) is 19.4 Å². The molecule has 0 aromatic carbocycles. The Kier molecular flexibility index (Phi) is 12.5. The van der Waals surface area contributed by atoms with Gasteiger partial charge in [0.1, 0.15) is 31.0 Å². The smallest absolute Gasteiger partial charge is 0.341 e. The van der Waals surface area contributed by atoms with E-state index in [9.17, 15) is 30.0 Å². The molecular formula is C43H52N4O8S2. The summed E-state index contributed by atoms with van der Waals surface area (Å²) in [7, 11) is 0. The molecule has 6 N–H and O–H groups in total. The minimum atomic E-state index is -1.38. The van der Waals surface area contributed by atoms with Crippen LogP contribution >= 0.6 is 23.5 Å². The number of cyclic esters (lactones) is 1. The van der Waals surface area contributed by atoms with Crippen molar-refractivity contribution in [2.45, 2.75) is 109 Å². The van der Waals surface area contributed by atoms with E-state index in [0.717, 1.165) is 74.1 Å². The number of thioether (sulfide) groups is 2. The first-order valence-corrected chi connectivity index (χ1v) is 21.8. The van der Waals surface area contributed by atoms with Crippen LogP contribution in [0.15, 0.2) is 24.8 Å². The average Bonchev–Trinajstić information content (AvgIpc) is 3.88. The lowest BCUT2D eigenvalue weighted by Gasteiger charge is -2.40. The zero-order valence-corrected chi connectivity index (χ0v) is 34.7. The van der Waals surface area contributed by atoms with Crippen molar-refractivity contribution in [2.75, 3.05) is 23.9 Å². The van der Waals surface area contributed by atoms with Crippen LogP contribution in [0.2, 0.25) is 0 Å². The summed E-state index contributed by atoms with van der Waals surface area (Å²) >= 11 is 2.82. The molecule has 4 aliphatic heterocycles. The van der Waals surface area contributed by atoms with Crippen molar-refractivity contribution in [3.8, 4) is 0 Å². The van der Waals surface area contributed by atoms with E-state index in [0.29, 0.717) is 47.1 Å². The van der Waals surface area contributed by atoms with Crippen LogP contribution in [0, 0.1) is 13.8 Å². The maximum absolute atomic E-state index is 13.3. The van der Waals surface area contributed by atoms with E-state index >= 15 is 0 Å². The topological polar surface area (TPSA) is 191 Å². The van der Waals surface area contributed by atoms with Gasteiger partial charge in [-0.1, -0.05) is 38.3 Å². The lowest BCUT2D eigenvalue weighted by Crippen LogP contribution is -2.59. The molecule has 0 saturated carbocycles. The van der Waals surface area contributed by atoms with Crippen LogP contribution in [-0.4, -0.2) is 106 Å². The fraction of sp³-hybridized carbons (Fsp3) is 0.488. The third-order valence-corrected chi connectivity index (χ3v) is 14.1. The molecule has 8 bridgehead atoms. The first kappa shape index (κ1) is 41.4. The first-order chi connectivity index (χ1) is 27.4. The Balaban J connectivity index is 1.15. The maximum Gasteiger partial charge on any atom is 0.341 e. The highest BCUT2D eigenvalue weighted by atomic mass is 32.2. The fourth-order valence-corrected chi connectivity index (χ4v) is 10.5. The van der Waals surface area contributed by atoms with Gasteiger partial charge in [-0.15, -0.1) is 0 Å². The number of carbonyl (C=O) groups is 2. The number of rotatable bonds is 12. The van der Waals surface area contributed by atoms with Gasteiger partial charge in [-0.25, -0.2) is 9.78 Å². The Bertz CT molecular complexity index is 2280. The number of aromatic amines is 2. The molecule has 14 heteroatoms. The van der Waals surface area contributed by atoms with Crippen LogP contribution in [0.4, 0.5) is 0 Å². The van der Waals surface area contributed by atoms with E-state index in [1.54, 1.807) is 0 Å². The third kappa shape index (κ3) is 7.89. The van der Waals surface area contributed by atoms with Gasteiger partial charge in [0.25, 0.3) is 0 Å². The fourth-order valence-electron chi connectivity index (χ4n) is 8.47. The number of aliphatic hydroxyl groups is 4. The number of carbonyl (C=O) groups excluding carboxylic acids is 2. The standard InChI is InChI=1S/C43H52N4O8S2/c1-7-24-20(3)28-14-30-22(5)26(10-11-36(49)57-13-9-12-56-19-35-41(51)42(52)40(50)34(17-48)55-35)38(46-30)27-18-54-43(53)37-23(6)31(47-39(27)37)16-33-25(8-2)21(4)29(45-33)15-32(24)44-28/h7,14-16,22,26,34-35,40-42,44-45,48,50-52H,1,8-13,17-19H2,2-6H3/t22-,26-,34+,35-,40+,41-,42?/m0/s1. The van der Waals surface area contributed by atoms with Crippen molar-refractivity contribution >= 4 is 73.9 Å². The zero-order valence-electron chi connectivity index (χ0n) is 33.1. The summed E-state index contributed by atoms with van der Waals surface area (Å²) < 4.78 is 11.4. The molecule has 1 fully saturated rings. The molecule has 57 heavy (non-hydrogen) atoms. The highest BCUT2D eigenvalue weighted by Gasteiger charge is 2.43. The lowest BCUT2D eigenvalue weighted by atomic mass is 9.85. The van der Waals surface area contributed by atoms with Gasteiger partial charge in [-0.05, 0) is 86.2 Å². The second-order valence-electron chi connectivity index (χ2n) is 15.3. The van der Waals surface area contributed by atoms with Crippen LogP contribution in [0.25, 0.3) is 39.3 Å². The van der Waals surface area contributed by atoms with E-state index in [1.165, 1.54) is 29.1 Å². The van der Waals surface area contributed by atoms with Gasteiger partial charge in [0.05, 0.1) is 35.4 Å². The average molecular weight is 817 g/mol. The molecule has 7 atom stereocenters. The molecule has 4 aliphatic rings. The van der Waals surface area contributed by atoms with E-state index < -0.39 is 43.1 Å². The minimum absolute atomic E-state index is 0.0369. The summed E-state index contributed by atoms with van der Waals surface area (Å²) in [4.78, 5) is 44.3. The Labute approximate surface area is 340 Å². The molecule has 304 valence electrons. The summed E-state index contributed by atoms with van der Waals surface area (Å²) in [5.74, 6) is 1.16. The number of aromatic nitrogens is 4. The number of nitrogens with one attached hydrogen (secondary N) is 2. The summed E-state index contributed by atoms with van der Waals surface area (Å²) in [5, 5.41) is 39.9. The van der Waals surface area contributed by atoms with Crippen LogP contribution in [0.5, 0.6) is 0 Å². The molecular weight excluding hydrogens is 765 g/mol. The van der Waals surface area contributed by atoms with Crippen LogP contribution in [-0.2, 0) is 32.1 Å². The first-order valence-electron chi connectivity index (χ1n) is 19.7. The number of esters is 1. The molecule has 3 aromatic heterocycles. The molecule has 12 nitrogen and oxygen atoms in total. The number of hydrogen-bond donors (Lipinski definition) is 6. The predicted octanol–water partition coefficient (Wildman–Crippen LogP) is 6.02. The molecule has 0 aliphatic carbocycles. The van der Waals surface area contributed by atoms with E-state index in [-0.39, 0.29) is 23.6 Å². The number of allylic oxidation sites excluding steroid dienone is 1. The van der Waals surface area contributed by atoms with Crippen LogP contribution in [0.3, 0.4) is 0 Å². The van der Waals surface area contributed by atoms with Gasteiger partial charge < -0.3 is 39.9 Å². The van der Waals surface area contributed by atoms with Crippen molar-refractivity contribution in [1.82, 2.24) is 19.9 Å². The molecule has 0 spiro atoms. The number of nitrogens with zero attached hydrogens (tertiary/aromatic N) is 2. The molecule has 1 unspecified atom stereocenters. The zero-order chi connectivity index (χ0) is 40.7. The van der Waals surface area contributed by atoms with Crippen LogP contribution < -0.4 is 0 Å². The second kappa shape index (κ2) is 17.2. The highest BCUT2D eigenvalue weighted by Crippen LogP contribution is 2.45. The summed E-state index contributed by atoms with van der Waals surface area (Å²) in [5.41, 5.74) is 13.2. The van der Waals surface area contributed by atoms with Crippen LogP contribution in [0.1, 0.15) is 102 Å². The number of hydrogen-bond acceptors (Lipinski definition) is 12. The molecule has 7 heterocycles. The molecule has 1 saturated heterocycles. The number of H-pyrrole nitrogens is 2. The van der Waals surface area contributed by atoms with Gasteiger partial charge in [-0.3, -0.25) is 9.78 Å². The normalized spacial score (nSPS) is 24.5. The second-order valence-corrected chi connectivity index (χ2v) is 17.6. The molecule has 7 rings (SSSR count).